The molecule has 0 heterocycles. The average Bonchev–Trinajstić information content (AvgIpc) is 2.24. The van der Waals surface area contributed by atoms with Crippen molar-refractivity contribution in [1.29, 1.82) is 0 Å². The summed E-state index contributed by atoms with van der Waals surface area (Å²) in [5.74, 6) is 0.168. The fraction of sp³-hybridized carbons (Fsp3) is 0.769. The van der Waals surface area contributed by atoms with E-state index in [2.05, 4.69) is 13.1 Å². The predicted molar refractivity (Wildman–Crippen MR) is 73.3 cm³/mol. The normalized spacial score (nSPS) is 11.5. The van der Waals surface area contributed by atoms with Crippen LogP contribution < -0.4 is 0 Å². The monoisotopic (exact) mass is 258 g/mol. The highest BCUT2D eigenvalue weighted by atomic mass is 28.4. The van der Waals surface area contributed by atoms with E-state index in [0.717, 1.165) is 18.9 Å². The van der Waals surface area contributed by atoms with Crippen LogP contribution in [0.15, 0.2) is 12.2 Å². The van der Waals surface area contributed by atoms with Crippen LogP contribution in [0.3, 0.4) is 0 Å². The van der Waals surface area contributed by atoms with E-state index in [1.807, 2.05) is 13.8 Å². The summed E-state index contributed by atoms with van der Waals surface area (Å²) in [7, 11) is -1.98. The van der Waals surface area contributed by atoms with Gasteiger partial charge in [-0.2, -0.15) is 0 Å². The number of hydrogen-bond donors (Lipinski definition) is 0. The molecule has 0 N–H and O–H groups in total. The van der Waals surface area contributed by atoms with Crippen LogP contribution in [-0.2, 0) is 13.6 Å². The van der Waals surface area contributed by atoms with Crippen LogP contribution in [0, 0.1) is 0 Å². The van der Waals surface area contributed by atoms with Crippen LogP contribution in [0.25, 0.3) is 0 Å². The Morgan fingerprint density at radius 1 is 1.18 bits per heavy atom. The van der Waals surface area contributed by atoms with Crippen molar-refractivity contribution in [3.05, 3.63) is 12.2 Å². The number of rotatable bonds is 10. The smallest absolute Gasteiger partial charge is 0.334 e. The summed E-state index contributed by atoms with van der Waals surface area (Å²) >= 11 is 0. The molecule has 17 heavy (non-hydrogen) atoms. The van der Waals surface area contributed by atoms with Gasteiger partial charge in [0.25, 0.3) is 0 Å². The summed E-state index contributed by atoms with van der Waals surface area (Å²) in [5, 5.41) is 0. The average molecular weight is 258 g/mol. The van der Waals surface area contributed by atoms with E-state index in [-0.39, 0.29) is 5.78 Å². The number of hydrogen-bond acceptors (Lipinski definition) is 3. The van der Waals surface area contributed by atoms with Crippen molar-refractivity contribution in [3.8, 4) is 0 Å². The summed E-state index contributed by atoms with van der Waals surface area (Å²) in [6.07, 6.45) is 2.48. The second-order valence-electron chi connectivity index (χ2n) is 4.41. The maximum atomic E-state index is 11.4. The molecule has 3 nitrogen and oxygen atoms in total. The lowest BCUT2D eigenvalue weighted by molar-refractivity contribution is -0.115. The summed E-state index contributed by atoms with van der Waals surface area (Å²) < 4.78 is 11.5. The fourth-order valence-corrected chi connectivity index (χ4v) is 4.23. The van der Waals surface area contributed by atoms with Crippen LogP contribution in [0.1, 0.15) is 40.0 Å². The van der Waals surface area contributed by atoms with Crippen molar-refractivity contribution in [3.63, 3.8) is 0 Å². The second kappa shape index (κ2) is 8.61. The summed E-state index contributed by atoms with van der Waals surface area (Å²) in [4.78, 5) is 11.4. The molecule has 0 aliphatic heterocycles. The predicted octanol–water partition coefficient (Wildman–Crippen LogP) is 3.45. The Balaban J connectivity index is 3.90. The van der Waals surface area contributed by atoms with Gasteiger partial charge in [-0.1, -0.05) is 13.0 Å². The standard InChI is InChI=1S/C13H26O3Si/c1-6-15-17(5,16-7-2)11-9-8-10-13(14)12(3)4/h3,6-11H2,1-2,4-5H3. The zero-order valence-corrected chi connectivity index (χ0v) is 12.7. The van der Waals surface area contributed by atoms with Crippen molar-refractivity contribution >= 4 is 14.3 Å². The van der Waals surface area contributed by atoms with Gasteiger partial charge in [0.15, 0.2) is 5.78 Å². The molecule has 0 spiro atoms. The van der Waals surface area contributed by atoms with Gasteiger partial charge >= 0.3 is 8.56 Å². The highest BCUT2D eigenvalue weighted by Crippen LogP contribution is 2.18. The summed E-state index contributed by atoms with van der Waals surface area (Å²) in [6.45, 7) is 12.9. The SMILES string of the molecule is C=C(C)C(=O)CCCC[Si](C)(OCC)OCC. The van der Waals surface area contributed by atoms with E-state index in [1.165, 1.54) is 0 Å². The van der Waals surface area contributed by atoms with Gasteiger partial charge in [-0.15, -0.1) is 0 Å². The highest BCUT2D eigenvalue weighted by Gasteiger charge is 2.29. The molecular weight excluding hydrogens is 232 g/mol. The minimum Gasteiger partial charge on any atom is -0.395 e. The molecule has 0 saturated heterocycles. The Morgan fingerprint density at radius 3 is 2.12 bits per heavy atom. The number of allylic oxidation sites excluding steroid dienone is 1. The Labute approximate surface area is 106 Å². The van der Waals surface area contributed by atoms with Crippen LogP contribution in [-0.4, -0.2) is 27.6 Å². The summed E-state index contributed by atoms with van der Waals surface area (Å²) in [6, 6.07) is 0.956. The molecule has 0 aliphatic carbocycles. The zero-order valence-electron chi connectivity index (χ0n) is 11.7. The second-order valence-corrected chi connectivity index (χ2v) is 7.76. The number of Topliss-reactive ketones (excluding diaryl/α,β-unsaturated/α-hetero) is 1. The Hall–Kier alpha value is -0.453. The molecule has 0 rings (SSSR count). The maximum Gasteiger partial charge on any atom is 0.334 e. The van der Waals surface area contributed by atoms with Gasteiger partial charge in [0.1, 0.15) is 0 Å². The number of carbonyl (C=O) groups is 1. The van der Waals surface area contributed by atoms with Gasteiger partial charge in [0, 0.05) is 19.6 Å². The molecule has 0 radical (unpaired) electrons. The van der Waals surface area contributed by atoms with Gasteiger partial charge in [0.05, 0.1) is 0 Å². The van der Waals surface area contributed by atoms with Gasteiger partial charge in [-0.3, -0.25) is 4.79 Å². The number of unbranched alkanes of at least 4 members (excludes halogenated alkanes) is 1. The largest absolute Gasteiger partial charge is 0.395 e. The number of carbonyl (C=O) groups excluding carboxylic acids is 1. The van der Waals surface area contributed by atoms with Crippen molar-refractivity contribution in [2.45, 2.75) is 52.6 Å². The van der Waals surface area contributed by atoms with E-state index in [4.69, 9.17) is 8.85 Å². The van der Waals surface area contributed by atoms with E-state index in [1.54, 1.807) is 6.92 Å². The first-order chi connectivity index (χ1) is 7.95. The minimum absolute atomic E-state index is 0.168. The zero-order chi connectivity index (χ0) is 13.3. The topological polar surface area (TPSA) is 35.5 Å². The van der Waals surface area contributed by atoms with Crippen molar-refractivity contribution in [1.82, 2.24) is 0 Å². The molecule has 0 aromatic rings. The van der Waals surface area contributed by atoms with Crippen LogP contribution >= 0.6 is 0 Å². The molecule has 0 bridgehead atoms. The Bertz CT molecular complexity index is 245. The van der Waals surface area contributed by atoms with Gasteiger partial charge in [-0.05, 0) is 45.4 Å². The quantitative estimate of drug-likeness (QED) is 0.342. The molecule has 0 aliphatic rings. The molecule has 100 valence electrons. The van der Waals surface area contributed by atoms with Crippen molar-refractivity contribution < 1.29 is 13.6 Å². The lowest BCUT2D eigenvalue weighted by Crippen LogP contribution is -2.38. The van der Waals surface area contributed by atoms with Crippen LogP contribution in [0.5, 0.6) is 0 Å². The van der Waals surface area contributed by atoms with Crippen LogP contribution in [0.4, 0.5) is 0 Å². The molecule has 0 unspecified atom stereocenters. The molecule has 0 amide bonds. The first-order valence-electron chi connectivity index (χ1n) is 6.41. The highest BCUT2D eigenvalue weighted by molar-refractivity contribution is 6.66. The van der Waals surface area contributed by atoms with Gasteiger partial charge in [-0.25, -0.2) is 0 Å². The number of ketones is 1. The van der Waals surface area contributed by atoms with E-state index >= 15 is 0 Å². The molecule has 0 saturated carbocycles. The van der Waals surface area contributed by atoms with E-state index in [0.29, 0.717) is 25.2 Å². The Kier molecular flexibility index (Phi) is 8.38. The summed E-state index contributed by atoms with van der Waals surface area (Å²) in [5.41, 5.74) is 0.652. The molecule has 0 atom stereocenters. The fourth-order valence-electron chi connectivity index (χ4n) is 1.74. The first-order valence-corrected chi connectivity index (χ1v) is 8.94. The van der Waals surface area contributed by atoms with Gasteiger partial charge in [0.2, 0.25) is 0 Å². The third kappa shape index (κ3) is 7.47. The lowest BCUT2D eigenvalue weighted by atomic mass is 10.1. The molecule has 0 aromatic carbocycles. The molecule has 0 aromatic heterocycles. The lowest BCUT2D eigenvalue weighted by Gasteiger charge is -2.25. The molecule has 4 heteroatoms. The van der Waals surface area contributed by atoms with Gasteiger partial charge < -0.3 is 8.85 Å². The third-order valence-electron chi connectivity index (χ3n) is 2.66. The van der Waals surface area contributed by atoms with E-state index < -0.39 is 8.56 Å². The maximum absolute atomic E-state index is 11.4. The van der Waals surface area contributed by atoms with E-state index in [9.17, 15) is 4.79 Å². The molecule has 0 fully saturated rings. The first kappa shape index (κ1) is 16.5. The van der Waals surface area contributed by atoms with Crippen molar-refractivity contribution in [2.24, 2.45) is 0 Å². The van der Waals surface area contributed by atoms with Crippen LogP contribution in [0.2, 0.25) is 12.6 Å². The molecular formula is C13H26O3Si. The van der Waals surface area contributed by atoms with Crippen molar-refractivity contribution in [2.75, 3.05) is 13.2 Å². The third-order valence-corrected chi connectivity index (χ3v) is 5.72. The Morgan fingerprint density at radius 2 is 1.71 bits per heavy atom. The minimum atomic E-state index is -1.98.